The van der Waals surface area contributed by atoms with E-state index in [0.717, 1.165) is 19.4 Å². The molecule has 0 spiro atoms. The third-order valence-electron chi connectivity index (χ3n) is 3.34. The number of nitrogens with one attached hydrogen (secondary N) is 2. The van der Waals surface area contributed by atoms with Crippen molar-refractivity contribution in [2.45, 2.75) is 63.4 Å². The van der Waals surface area contributed by atoms with Gasteiger partial charge >= 0.3 is 6.18 Å². The Morgan fingerprint density at radius 2 is 2.06 bits per heavy atom. The predicted octanol–water partition coefficient (Wildman–Crippen LogP) is 1.81. The van der Waals surface area contributed by atoms with E-state index in [4.69, 9.17) is 5.11 Å². The molecule has 1 rings (SSSR count). The van der Waals surface area contributed by atoms with Crippen LogP contribution < -0.4 is 10.6 Å². The van der Waals surface area contributed by atoms with E-state index >= 15 is 0 Å². The van der Waals surface area contributed by atoms with Crippen LogP contribution in [0.5, 0.6) is 0 Å². The van der Waals surface area contributed by atoms with Crippen molar-refractivity contribution in [2.24, 2.45) is 0 Å². The largest absolute Gasteiger partial charge is 0.415 e. The summed E-state index contributed by atoms with van der Waals surface area (Å²) in [6, 6.07) is 0.343. The number of hydrogen-bond donors (Lipinski definition) is 3. The van der Waals surface area contributed by atoms with E-state index in [1.54, 1.807) is 0 Å². The van der Waals surface area contributed by atoms with E-state index in [0.29, 0.717) is 6.04 Å². The van der Waals surface area contributed by atoms with Gasteiger partial charge in [0.25, 0.3) is 0 Å². The molecule has 3 N–H and O–H groups in total. The van der Waals surface area contributed by atoms with Gasteiger partial charge in [-0.15, -0.1) is 0 Å². The maximum atomic E-state index is 12.1. The topological polar surface area (TPSA) is 44.3 Å². The normalized spacial score (nSPS) is 25.5. The number of rotatable bonds is 5. The van der Waals surface area contributed by atoms with Crippen LogP contribution in [0, 0.1) is 0 Å². The average molecular weight is 268 g/mol. The Balaban J connectivity index is 2.22. The molecule has 6 heteroatoms. The molecule has 0 aromatic rings. The second-order valence-electron chi connectivity index (χ2n) is 5.10. The maximum Gasteiger partial charge on any atom is 0.415 e. The molecule has 3 nitrogen and oxygen atoms in total. The molecular formula is C12H23F3N2O. The van der Waals surface area contributed by atoms with Gasteiger partial charge in [-0.1, -0.05) is 12.8 Å². The van der Waals surface area contributed by atoms with Gasteiger partial charge in [-0.25, -0.2) is 0 Å². The van der Waals surface area contributed by atoms with Gasteiger partial charge in [-0.05, 0) is 32.7 Å². The summed E-state index contributed by atoms with van der Waals surface area (Å²) in [5.41, 5.74) is 0. The van der Waals surface area contributed by atoms with Crippen LogP contribution in [-0.2, 0) is 0 Å². The van der Waals surface area contributed by atoms with Crippen LogP contribution in [0.4, 0.5) is 13.2 Å². The minimum atomic E-state index is -4.53. The second kappa shape index (κ2) is 7.31. The number of halogens is 3. The van der Waals surface area contributed by atoms with Crippen LogP contribution in [0.15, 0.2) is 0 Å². The van der Waals surface area contributed by atoms with Crippen LogP contribution in [0.25, 0.3) is 0 Å². The fourth-order valence-corrected chi connectivity index (χ4v) is 2.24. The molecule has 18 heavy (non-hydrogen) atoms. The van der Waals surface area contributed by atoms with Crippen molar-refractivity contribution < 1.29 is 18.3 Å². The van der Waals surface area contributed by atoms with Crippen LogP contribution in [-0.4, -0.2) is 42.6 Å². The summed E-state index contributed by atoms with van der Waals surface area (Å²) in [5.74, 6) is 0. The fraction of sp³-hybridized carbons (Fsp3) is 1.00. The number of hydrogen-bond acceptors (Lipinski definition) is 3. The summed E-state index contributed by atoms with van der Waals surface area (Å²) in [6.45, 7) is 2.41. The predicted molar refractivity (Wildman–Crippen MR) is 64.4 cm³/mol. The van der Waals surface area contributed by atoms with Crippen LogP contribution in [0.3, 0.4) is 0 Å². The summed E-state index contributed by atoms with van der Waals surface area (Å²) in [7, 11) is 0. The molecule has 3 unspecified atom stereocenters. The Morgan fingerprint density at radius 1 is 1.33 bits per heavy atom. The molecule has 1 saturated heterocycles. The molecule has 0 aromatic heterocycles. The molecule has 0 amide bonds. The summed E-state index contributed by atoms with van der Waals surface area (Å²) < 4.78 is 36.3. The minimum Gasteiger partial charge on any atom is -0.382 e. The Kier molecular flexibility index (Phi) is 6.38. The summed E-state index contributed by atoms with van der Waals surface area (Å²) in [5, 5.41) is 15.0. The molecule has 1 heterocycles. The molecule has 0 bridgehead atoms. The third-order valence-corrected chi connectivity index (χ3v) is 3.34. The molecule has 0 radical (unpaired) electrons. The minimum absolute atomic E-state index is 0.0300. The molecule has 1 fully saturated rings. The van der Waals surface area contributed by atoms with E-state index in [-0.39, 0.29) is 6.04 Å². The second-order valence-corrected chi connectivity index (χ2v) is 5.10. The smallest absolute Gasteiger partial charge is 0.382 e. The molecule has 0 aromatic carbocycles. The third kappa shape index (κ3) is 6.02. The van der Waals surface area contributed by atoms with Crippen molar-refractivity contribution in [3.8, 4) is 0 Å². The Bertz CT molecular complexity index is 228. The Morgan fingerprint density at radius 3 is 2.72 bits per heavy atom. The molecule has 3 atom stereocenters. The van der Waals surface area contributed by atoms with E-state index in [1.165, 1.54) is 19.3 Å². The van der Waals surface area contributed by atoms with Gasteiger partial charge in [0.2, 0.25) is 0 Å². The fourth-order valence-electron chi connectivity index (χ4n) is 2.24. The molecule has 1 aliphatic rings. The first kappa shape index (κ1) is 15.7. The van der Waals surface area contributed by atoms with Crippen molar-refractivity contribution >= 4 is 0 Å². The van der Waals surface area contributed by atoms with Gasteiger partial charge in [-0.3, -0.25) is 0 Å². The quantitative estimate of drug-likeness (QED) is 0.712. The standard InChI is InChI=1S/C12H23F3N2O/c1-9(17-8-11(18)12(13,14)15)7-10-5-3-2-4-6-16-10/h9-11,16-18H,2-8H2,1H3. The van der Waals surface area contributed by atoms with Gasteiger partial charge in [0.1, 0.15) is 0 Å². The van der Waals surface area contributed by atoms with E-state index < -0.39 is 18.8 Å². The van der Waals surface area contributed by atoms with Crippen LogP contribution in [0.2, 0.25) is 0 Å². The SMILES string of the molecule is CC(CC1CCCCCN1)NCC(O)C(F)(F)F. The van der Waals surface area contributed by atoms with Crippen LogP contribution >= 0.6 is 0 Å². The van der Waals surface area contributed by atoms with Crippen molar-refractivity contribution in [3.05, 3.63) is 0 Å². The molecule has 0 aliphatic carbocycles. The number of aliphatic hydroxyl groups excluding tert-OH is 1. The zero-order valence-electron chi connectivity index (χ0n) is 10.8. The van der Waals surface area contributed by atoms with Gasteiger partial charge in [0.15, 0.2) is 6.10 Å². The number of alkyl halides is 3. The molecule has 0 saturated carbocycles. The first-order chi connectivity index (χ1) is 8.39. The zero-order valence-corrected chi connectivity index (χ0v) is 10.8. The van der Waals surface area contributed by atoms with Crippen molar-refractivity contribution in [3.63, 3.8) is 0 Å². The zero-order chi connectivity index (χ0) is 13.6. The Labute approximate surface area is 106 Å². The maximum absolute atomic E-state index is 12.1. The van der Waals surface area contributed by atoms with Gasteiger partial charge < -0.3 is 15.7 Å². The highest BCUT2D eigenvalue weighted by Gasteiger charge is 2.37. The van der Waals surface area contributed by atoms with Crippen molar-refractivity contribution in [1.82, 2.24) is 10.6 Å². The summed E-state index contributed by atoms with van der Waals surface area (Å²) >= 11 is 0. The lowest BCUT2D eigenvalue weighted by Gasteiger charge is -2.23. The monoisotopic (exact) mass is 268 g/mol. The van der Waals surface area contributed by atoms with E-state index in [9.17, 15) is 13.2 Å². The molecule has 108 valence electrons. The van der Waals surface area contributed by atoms with Gasteiger partial charge in [0.05, 0.1) is 0 Å². The summed E-state index contributed by atoms with van der Waals surface area (Å²) in [4.78, 5) is 0. The van der Waals surface area contributed by atoms with Crippen molar-refractivity contribution in [1.29, 1.82) is 0 Å². The van der Waals surface area contributed by atoms with Crippen molar-refractivity contribution in [2.75, 3.05) is 13.1 Å². The highest BCUT2D eigenvalue weighted by Crippen LogP contribution is 2.19. The summed E-state index contributed by atoms with van der Waals surface area (Å²) in [6.07, 6.45) is -1.37. The Hall–Kier alpha value is -0.330. The van der Waals surface area contributed by atoms with Gasteiger partial charge in [0, 0.05) is 18.6 Å². The average Bonchev–Trinajstić information content (AvgIpc) is 2.53. The number of aliphatic hydroxyl groups is 1. The van der Waals surface area contributed by atoms with Crippen LogP contribution in [0.1, 0.15) is 39.0 Å². The highest BCUT2D eigenvalue weighted by molar-refractivity contribution is 4.77. The van der Waals surface area contributed by atoms with E-state index in [2.05, 4.69) is 10.6 Å². The molecular weight excluding hydrogens is 245 g/mol. The lowest BCUT2D eigenvalue weighted by Crippen LogP contribution is -2.43. The highest BCUT2D eigenvalue weighted by atomic mass is 19.4. The lowest BCUT2D eigenvalue weighted by molar-refractivity contribution is -0.202. The molecule has 1 aliphatic heterocycles. The van der Waals surface area contributed by atoms with Gasteiger partial charge in [-0.2, -0.15) is 13.2 Å². The lowest BCUT2D eigenvalue weighted by atomic mass is 10.0. The first-order valence-corrected chi connectivity index (χ1v) is 6.61. The van der Waals surface area contributed by atoms with E-state index in [1.807, 2.05) is 6.92 Å². The first-order valence-electron chi connectivity index (χ1n) is 6.61.